The van der Waals surface area contributed by atoms with Crippen LogP contribution in [0.2, 0.25) is 0 Å². The maximum Gasteiger partial charge on any atom is 0.246 e. The van der Waals surface area contributed by atoms with Gasteiger partial charge in [0.25, 0.3) is 0 Å². The van der Waals surface area contributed by atoms with Gasteiger partial charge in [-0.15, -0.1) is 0 Å². The van der Waals surface area contributed by atoms with Crippen molar-refractivity contribution in [1.29, 1.82) is 0 Å². The van der Waals surface area contributed by atoms with Crippen molar-refractivity contribution >= 4 is 15.9 Å². The van der Waals surface area contributed by atoms with E-state index in [0.717, 1.165) is 31.8 Å². The van der Waals surface area contributed by atoms with Crippen LogP contribution in [0.4, 0.5) is 4.39 Å². The Bertz CT molecular complexity index is 1070. The van der Waals surface area contributed by atoms with Gasteiger partial charge in [-0.05, 0) is 36.6 Å². The molecule has 2 aromatic rings. The van der Waals surface area contributed by atoms with Crippen LogP contribution in [-0.4, -0.2) is 74.8 Å². The lowest BCUT2D eigenvalue weighted by atomic mass is 9.97. The van der Waals surface area contributed by atoms with E-state index in [1.54, 1.807) is 0 Å². The number of carbonyl (C=O) groups is 1. The molecule has 0 aromatic heterocycles. The summed E-state index contributed by atoms with van der Waals surface area (Å²) in [7, 11) is -2.63. The predicted molar refractivity (Wildman–Crippen MR) is 123 cm³/mol. The normalized spacial score (nSPS) is 20.5. The molecule has 9 heteroatoms. The number of nitrogens with zero attached hydrogens (tertiary/aromatic N) is 3. The Morgan fingerprint density at radius 2 is 1.79 bits per heavy atom. The molecule has 2 aliphatic rings. The SMILES string of the molecule is COc1ccc(F)cc1S(=O)(=O)N1CCC[C@@H](C(=O)N2CCN(Cc3ccccc3)CC2)C1. The van der Waals surface area contributed by atoms with E-state index in [9.17, 15) is 17.6 Å². The Hall–Kier alpha value is -2.49. The number of halogens is 1. The molecule has 178 valence electrons. The Morgan fingerprint density at radius 1 is 1.06 bits per heavy atom. The summed E-state index contributed by atoms with van der Waals surface area (Å²) >= 11 is 0. The number of amides is 1. The van der Waals surface area contributed by atoms with E-state index in [4.69, 9.17) is 4.74 Å². The van der Waals surface area contributed by atoms with Gasteiger partial charge < -0.3 is 9.64 Å². The predicted octanol–water partition coefficient (Wildman–Crippen LogP) is 2.58. The minimum Gasteiger partial charge on any atom is -0.495 e. The van der Waals surface area contributed by atoms with Crippen LogP contribution in [-0.2, 0) is 21.4 Å². The summed E-state index contributed by atoms with van der Waals surface area (Å²) in [5, 5.41) is 0. The molecule has 33 heavy (non-hydrogen) atoms. The number of sulfonamides is 1. The first-order chi connectivity index (χ1) is 15.9. The Morgan fingerprint density at radius 3 is 2.48 bits per heavy atom. The van der Waals surface area contributed by atoms with Gasteiger partial charge in [0, 0.05) is 45.8 Å². The lowest BCUT2D eigenvalue weighted by Gasteiger charge is -2.38. The number of hydrogen-bond donors (Lipinski definition) is 0. The quantitative estimate of drug-likeness (QED) is 0.642. The zero-order valence-electron chi connectivity index (χ0n) is 18.8. The van der Waals surface area contributed by atoms with Gasteiger partial charge in [0.2, 0.25) is 15.9 Å². The molecule has 0 aliphatic carbocycles. The third-order valence-corrected chi connectivity index (χ3v) is 8.30. The van der Waals surface area contributed by atoms with Gasteiger partial charge in [-0.1, -0.05) is 30.3 Å². The van der Waals surface area contributed by atoms with Crippen molar-refractivity contribution in [3.63, 3.8) is 0 Å². The fraction of sp³-hybridized carbons (Fsp3) is 0.458. The molecule has 2 aliphatic heterocycles. The summed E-state index contributed by atoms with van der Waals surface area (Å²) in [6.07, 6.45) is 1.23. The van der Waals surface area contributed by atoms with Gasteiger partial charge in [-0.2, -0.15) is 4.31 Å². The molecule has 0 spiro atoms. The monoisotopic (exact) mass is 475 g/mol. The van der Waals surface area contributed by atoms with Gasteiger partial charge in [0.05, 0.1) is 13.0 Å². The molecule has 0 saturated carbocycles. The maximum atomic E-state index is 13.8. The van der Waals surface area contributed by atoms with Crippen LogP contribution in [0.25, 0.3) is 0 Å². The Kier molecular flexibility index (Phi) is 7.31. The molecular weight excluding hydrogens is 445 g/mol. The second-order valence-electron chi connectivity index (χ2n) is 8.58. The molecule has 1 atom stereocenters. The molecule has 4 rings (SSSR count). The van der Waals surface area contributed by atoms with Crippen LogP contribution in [0.3, 0.4) is 0 Å². The zero-order valence-corrected chi connectivity index (χ0v) is 19.6. The highest BCUT2D eigenvalue weighted by Crippen LogP contribution is 2.31. The lowest BCUT2D eigenvalue weighted by Crippen LogP contribution is -2.52. The first kappa shape index (κ1) is 23.7. The van der Waals surface area contributed by atoms with E-state index >= 15 is 0 Å². The Balaban J connectivity index is 1.38. The summed E-state index contributed by atoms with van der Waals surface area (Å²) in [5.41, 5.74) is 1.25. The highest BCUT2D eigenvalue weighted by atomic mass is 32.2. The van der Waals surface area contributed by atoms with Gasteiger partial charge in [0.15, 0.2) is 0 Å². The van der Waals surface area contributed by atoms with Crippen molar-refractivity contribution in [1.82, 2.24) is 14.1 Å². The number of piperazine rings is 1. The first-order valence-electron chi connectivity index (χ1n) is 11.3. The highest BCUT2D eigenvalue weighted by molar-refractivity contribution is 7.89. The summed E-state index contributed by atoms with van der Waals surface area (Å²) in [6, 6.07) is 13.7. The van der Waals surface area contributed by atoms with E-state index in [1.807, 2.05) is 23.1 Å². The van der Waals surface area contributed by atoms with Crippen molar-refractivity contribution in [3.05, 3.63) is 59.9 Å². The number of hydrogen-bond acceptors (Lipinski definition) is 5. The van der Waals surface area contributed by atoms with E-state index < -0.39 is 21.8 Å². The zero-order chi connectivity index (χ0) is 23.4. The average Bonchev–Trinajstić information content (AvgIpc) is 2.85. The summed E-state index contributed by atoms with van der Waals surface area (Å²) in [4.78, 5) is 17.2. The van der Waals surface area contributed by atoms with Crippen molar-refractivity contribution in [3.8, 4) is 5.75 Å². The topological polar surface area (TPSA) is 70.2 Å². The fourth-order valence-electron chi connectivity index (χ4n) is 4.58. The molecule has 2 heterocycles. The first-order valence-corrected chi connectivity index (χ1v) is 12.7. The second kappa shape index (κ2) is 10.2. The molecule has 2 aromatic carbocycles. The van der Waals surface area contributed by atoms with Gasteiger partial charge >= 0.3 is 0 Å². The van der Waals surface area contributed by atoms with Crippen LogP contribution in [0.1, 0.15) is 18.4 Å². The third kappa shape index (κ3) is 5.37. The Labute approximate surface area is 194 Å². The smallest absolute Gasteiger partial charge is 0.246 e. The molecule has 0 N–H and O–H groups in total. The fourth-order valence-corrected chi connectivity index (χ4v) is 6.27. The number of piperidine rings is 1. The standard InChI is InChI=1S/C24H30FN3O4S/c1-32-22-10-9-21(25)16-23(22)33(30,31)28-11-5-8-20(18-28)24(29)27-14-12-26(13-15-27)17-19-6-3-2-4-7-19/h2-4,6-7,9-10,16,20H,5,8,11-15,17-18H2,1H3/t20-/m1/s1. The molecule has 7 nitrogen and oxygen atoms in total. The number of benzene rings is 2. The van der Waals surface area contributed by atoms with Gasteiger partial charge in [0.1, 0.15) is 16.5 Å². The highest BCUT2D eigenvalue weighted by Gasteiger charge is 2.37. The summed E-state index contributed by atoms with van der Waals surface area (Å²) < 4.78 is 46.7. The number of ether oxygens (including phenoxy) is 1. The summed E-state index contributed by atoms with van der Waals surface area (Å²) in [6.45, 7) is 4.10. The lowest BCUT2D eigenvalue weighted by molar-refractivity contribution is -0.138. The van der Waals surface area contributed by atoms with Gasteiger partial charge in [-0.3, -0.25) is 9.69 Å². The third-order valence-electron chi connectivity index (χ3n) is 6.41. The largest absolute Gasteiger partial charge is 0.495 e. The van der Waals surface area contributed by atoms with Crippen LogP contribution in [0.15, 0.2) is 53.4 Å². The molecule has 1 amide bonds. The van der Waals surface area contributed by atoms with Gasteiger partial charge in [-0.25, -0.2) is 12.8 Å². The van der Waals surface area contributed by atoms with Crippen molar-refractivity contribution in [2.45, 2.75) is 24.3 Å². The molecule has 0 radical (unpaired) electrons. The maximum absolute atomic E-state index is 13.8. The van der Waals surface area contributed by atoms with Crippen molar-refractivity contribution in [2.24, 2.45) is 5.92 Å². The van der Waals surface area contributed by atoms with E-state index in [2.05, 4.69) is 17.0 Å². The minimum absolute atomic E-state index is 0.000434. The number of methoxy groups -OCH3 is 1. The summed E-state index contributed by atoms with van der Waals surface area (Å²) in [5.74, 6) is -0.944. The second-order valence-corrected chi connectivity index (χ2v) is 10.5. The molecule has 0 unspecified atom stereocenters. The molecule has 2 fully saturated rings. The van der Waals surface area contributed by atoms with Crippen LogP contribution in [0.5, 0.6) is 5.75 Å². The molecular formula is C24H30FN3O4S. The minimum atomic E-state index is -3.98. The average molecular weight is 476 g/mol. The van der Waals surface area contributed by atoms with Crippen molar-refractivity contribution < 1.29 is 22.3 Å². The van der Waals surface area contributed by atoms with Crippen molar-refractivity contribution in [2.75, 3.05) is 46.4 Å². The van der Waals surface area contributed by atoms with E-state index in [0.29, 0.717) is 32.5 Å². The van der Waals surface area contributed by atoms with E-state index in [1.165, 1.54) is 23.0 Å². The number of carbonyl (C=O) groups excluding carboxylic acids is 1. The van der Waals surface area contributed by atoms with E-state index in [-0.39, 0.29) is 23.1 Å². The molecule has 0 bridgehead atoms. The van der Waals surface area contributed by atoms with Crippen LogP contribution < -0.4 is 4.74 Å². The number of rotatable bonds is 6. The van der Waals surface area contributed by atoms with Crippen LogP contribution in [0, 0.1) is 11.7 Å². The molecule has 2 saturated heterocycles. The van der Waals surface area contributed by atoms with Crippen LogP contribution >= 0.6 is 0 Å².